The van der Waals surface area contributed by atoms with E-state index in [1.165, 1.54) is 51.4 Å². The van der Waals surface area contributed by atoms with Crippen LogP contribution in [0.25, 0.3) is 0 Å². The molecule has 0 heterocycles. The first-order chi connectivity index (χ1) is 15.9. The number of rotatable bonds is 4. The van der Waals surface area contributed by atoms with Crippen molar-refractivity contribution in [1.29, 1.82) is 0 Å². The Morgan fingerprint density at radius 1 is 0.406 bits per heavy atom. The molecule has 1 nitrogen and oxygen atoms in total. The molecule has 1 heteroatoms. The van der Waals surface area contributed by atoms with Crippen LogP contribution < -0.4 is 5.32 Å². The third-order valence-corrected chi connectivity index (χ3v) is 12.3. The maximum absolute atomic E-state index is 4.30. The molecule has 1 N–H and O–H groups in total. The van der Waals surface area contributed by atoms with Gasteiger partial charge in [0.15, 0.2) is 0 Å². The first-order valence-electron chi connectivity index (χ1n) is 15.6. The Morgan fingerprint density at radius 2 is 0.938 bits per heavy atom. The molecule has 5 atom stereocenters. The van der Waals surface area contributed by atoms with E-state index in [1.54, 1.807) is 89.9 Å². The molecule has 182 valence electrons. The molecule has 6 aliphatic carbocycles. The summed E-state index contributed by atoms with van der Waals surface area (Å²) in [6.45, 7) is 0. The van der Waals surface area contributed by atoms with Crippen molar-refractivity contribution >= 4 is 0 Å². The Balaban J connectivity index is 1.33. The molecular formula is C31H53N. The van der Waals surface area contributed by atoms with Crippen LogP contribution in [0.4, 0.5) is 0 Å². The predicted molar refractivity (Wildman–Crippen MR) is 136 cm³/mol. The van der Waals surface area contributed by atoms with Crippen molar-refractivity contribution in [1.82, 2.24) is 5.32 Å². The summed E-state index contributed by atoms with van der Waals surface area (Å²) in [7, 11) is 0. The Morgan fingerprint density at radius 3 is 1.59 bits per heavy atom. The van der Waals surface area contributed by atoms with Crippen LogP contribution in [-0.2, 0) is 0 Å². The Hall–Kier alpha value is -0.0400. The third-order valence-electron chi connectivity index (χ3n) is 12.3. The molecule has 6 rings (SSSR count). The largest absolute Gasteiger partial charge is 0.311 e. The highest BCUT2D eigenvalue weighted by Crippen LogP contribution is 2.71. The van der Waals surface area contributed by atoms with E-state index >= 15 is 0 Å². The van der Waals surface area contributed by atoms with Crippen LogP contribution in [0.5, 0.6) is 0 Å². The minimum absolute atomic E-state index is 0.753. The lowest BCUT2D eigenvalue weighted by Gasteiger charge is -2.56. The summed E-state index contributed by atoms with van der Waals surface area (Å²) >= 11 is 0. The molecule has 0 aromatic heterocycles. The van der Waals surface area contributed by atoms with Gasteiger partial charge in [0.25, 0.3) is 0 Å². The van der Waals surface area contributed by atoms with E-state index in [-0.39, 0.29) is 0 Å². The van der Waals surface area contributed by atoms with E-state index in [9.17, 15) is 0 Å². The van der Waals surface area contributed by atoms with Crippen molar-refractivity contribution in [2.24, 2.45) is 40.9 Å². The molecule has 0 bridgehead atoms. The highest BCUT2D eigenvalue weighted by Gasteiger charge is 2.65. The fourth-order valence-electron chi connectivity index (χ4n) is 11.4. The number of hydrogen-bond acceptors (Lipinski definition) is 1. The Labute approximate surface area is 199 Å². The number of nitrogens with one attached hydrogen (secondary N) is 1. The predicted octanol–water partition coefficient (Wildman–Crippen LogP) is 8.66. The molecule has 0 amide bonds. The summed E-state index contributed by atoms with van der Waals surface area (Å²) < 4.78 is 0. The topological polar surface area (TPSA) is 12.0 Å². The quantitative estimate of drug-likeness (QED) is 0.462. The average Bonchev–Trinajstić information content (AvgIpc) is 3.16. The molecule has 0 saturated heterocycles. The van der Waals surface area contributed by atoms with Crippen molar-refractivity contribution in [2.45, 2.75) is 153 Å². The van der Waals surface area contributed by atoms with Crippen molar-refractivity contribution in [3.05, 3.63) is 0 Å². The zero-order valence-corrected chi connectivity index (χ0v) is 21.2. The van der Waals surface area contributed by atoms with Gasteiger partial charge in [-0.3, -0.25) is 0 Å². The zero-order valence-electron chi connectivity index (χ0n) is 21.2. The highest BCUT2D eigenvalue weighted by molar-refractivity contribution is 5.14. The first-order valence-corrected chi connectivity index (χ1v) is 15.6. The van der Waals surface area contributed by atoms with E-state index in [2.05, 4.69) is 5.32 Å². The smallest absolute Gasteiger partial charge is 0.00727 e. The lowest BCUT2D eigenvalue weighted by Crippen LogP contribution is -2.52. The maximum atomic E-state index is 4.30. The Bertz CT molecular complexity index is 576. The van der Waals surface area contributed by atoms with Crippen LogP contribution in [0.2, 0.25) is 0 Å². The standard InChI is InChI=1S/C31H53N/c1-4-12-23(13-5-1)31(24-14-6-2-7-15-24)29-19-11-10-18-27(29)28-21-20-26(22-30(28)31)32-25-16-8-3-9-17-25/h23-30,32H,1-22H2. The lowest BCUT2D eigenvalue weighted by molar-refractivity contribution is -0.0769. The minimum atomic E-state index is 0.753. The normalized spacial score (nSPS) is 41.8. The molecule has 6 aliphatic rings. The van der Waals surface area contributed by atoms with E-state index < -0.39 is 0 Å². The van der Waals surface area contributed by atoms with Gasteiger partial charge in [-0.1, -0.05) is 70.6 Å². The molecule has 32 heavy (non-hydrogen) atoms. The van der Waals surface area contributed by atoms with Gasteiger partial charge in [0, 0.05) is 12.1 Å². The van der Waals surface area contributed by atoms with Gasteiger partial charge in [0.2, 0.25) is 0 Å². The summed E-state index contributed by atoms with van der Waals surface area (Å²) in [6.07, 6.45) is 34.1. The van der Waals surface area contributed by atoms with Crippen LogP contribution in [0.1, 0.15) is 141 Å². The second-order valence-electron chi connectivity index (χ2n) is 13.5. The molecule has 0 aromatic rings. The SMILES string of the molecule is C1CCC(NC2CCC3C4CCCCC4C(C4CCCCC4)(C4CCCCC4)C3C2)CC1. The van der Waals surface area contributed by atoms with Crippen LogP contribution in [0.3, 0.4) is 0 Å². The van der Waals surface area contributed by atoms with Crippen molar-refractivity contribution in [3.63, 3.8) is 0 Å². The van der Waals surface area contributed by atoms with E-state index in [0.29, 0.717) is 0 Å². The fourth-order valence-corrected chi connectivity index (χ4v) is 11.4. The third kappa shape index (κ3) is 3.93. The molecule has 0 aromatic carbocycles. The molecule has 5 unspecified atom stereocenters. The van der Waals surface area contributed by atoms with Gasteiger partial charge >= 0.3 is 0 Å². The fraction of sp³-hybridized carbons (Fsp3) is 1.00. The van der Waals surface area contributed by atoms with Gasteiger partial charge in [-0.25, -0.2) is 0 Å². The first kappa shape index (κ1) is 22.4. The van der Waals surface area contributed by atoms with Crippen LogP contribution in [0, 0.1) is 40.9 Å². The van der Waals surface area contributed by atoms with Gasteiger partial charge < -0.3 is 5.32 Å². The van der Waals surface area contributed by atoms with Gasteiger partial charge in [-0.05, 0) is 112 Å². The van der Waals surface area contributed by atoms with E-state index in [0.717, 1.165) is 53.0 Å². The summed E-state index contributed by atoms with van der Waals surface area (Å²) in [4.78, 5) is 0. The molecule has 6 fully saturated rings. The number of hydrogen-bond donors (Lipinski definition) is 1. The molecular weight excluding hydrogens is 386 g/mol. The molecule has 0 aliphatic heterocycles. The lowest BCUT2D eigenvalue weighted by atomic mass is 9.48. The maximum Gasteiger partial charge on any atom is 0.00727 e. The summed E-state index contributed by atoms with van der Waals surface area (Å²) in [5.74, 6) is 6.60. The van der Waals surface area contributed by atoms with Crippen molar-refractivity contribution < 1.29 is 0 Å². The summed E-state index contributed by atoms with van der Waals surface area (Å²) in [5, 5.41) is 4.30. The molecule has 0 spiro atoms. The highest BCUT2D eigenvalue weighted by atomic mass is 15.0. The van der Waals surface area contributed by atoms with Crippen LogP contribution in [0.15, 0.2) is 0 Å². The second-order valence-corrected chi connectivity index (χ2v) is 13.5. The Kier molecular flexibility index (Phi) is 6.94. The minimum Gasteiger partial charge on any atom is -0.311 e. The summed E-state index contributed by atoms with van der Waals surface area (Å²) in [6, 6.07) is 1.71. The number of fused-ring (bicyclic) bond motifs is 3. The van der Waals surface area contributed by atoms with Gasteiger partial charge in [-0.2, -0.15) is 0 Å². The zero-order chi connectivity index (χ0) is 21.4. The van der Waals surface area contributed by atoms with Crippen LogP contribution in [-0.4, -0.2) is 12.1 Å². The summed E-state index contributed by atoms with van der Waals surface area (Å²) in [5.41, 5.74) is 0.753. The van der Waals surface area contributed by atoms with E-state index in [1.807, 2.05) is 0 Å². The monoisotopic (exact) mass is 439 g/mol. The van der Waals surface area contributed by atoms with E-state index in [4.69, 9.17) is 0 Å². The van der Waals surface area contributed by atoms with Crippen LogP contribution >= 0.6 is 0 Å². The van der Waals surface area contributed by atoms with Gasteiger partial charge in [-0.15, -0.1) is 0 Å². The second kappa shape index (κ2) is 9.91. The van der Waals surface area contributed by atoms with Gasteiger partial charge in [0.1, 0.15) is 0 Å². The molecule has 0 radical (unpaired) electrons. The molecule has 6 saturated carbocycles. The average molecular weight is 440 g/mol. The van der Waals surface area contributed by atoms with Gasteiger partial charge in [0.05, 0.1) is 0 Å². The van der Waals surface area contributed by atoms with Crippen molar-refractivity contribution in [2.75, 3.05) is 0 Å². The van der Waals surface area contributed by atoms with Crippen molar-refractivity contribution in [3.8, 4) is 0 Å².